The summed E-state index contributed by atoms with van der Waals surface area (Å²) in [5, 5.41) is 12.9. The predicted molar refractivity (Wildman–Crippen MR) is 100.0 cm³/mol. The number of nitrogens with two attached hydrogens (primary N) is 1. The summed E-state index contributed by atoms with van der Waals surface area (Å²) >= 11 is 1.14. The van der Waals surface area contributed by atoms with Crippen LogP contribution in [0, 0.1) is 6.92 Å². The smallest absolute Gasteiger partial charge is 0.228 e. The van der Waals surface area contributed by atoms with Crippen molar-refractivity contribution in [1.82, 2.24) is 14.8 Å². The molecule has 2 heterocycles. The molecule has 0 aliphatic heterocycles. The SMILES string of the molecule is Cc1ncccc1CC(=O)Nc1cc(SN)cc(-c2cnn(C)c2)c1. The number of nitrogens with one attached hydrogen (secondary N) is 1. The summed E-state index contributed by atoms with van der Waals surface area (Å²) in [7, 11) is 1.87. The lowest BCUT2D eigenvalue weighted by molar-refractivity contribution is -0.115. The minimum Gasteiger partial charge on any atom is -0.326 e. The Labute approximate surface area is 150 Å². The number of pyridine rings is 1. The van der Waals surface area contributed by atoms with E-state index in [9.17, 15) is 4.79 Å². The molecule has 1 aromatic carbocycles. The van der Waals surface area contributed by atoms with E-state index in [0.717, 1.165) is 39.2 Å². The zero-order chi connectivity index (χ0) is 17.8. The molecular weight excluding hydrogens is 334 g/mol. The standard InChI is InChI=1S/C18H19N5OS/c1-12-13(4-3-5-20-12)8-18(24)22-16-6-14(7-17(9-16)25-19)15-10-21-23(2)11-15/h3-7,9-11H,8,19H2,1-2H3,(H,22,24). The molecule has 0 atom stereocenters. The Morgan fingerprint density at radius 1 is 1.32 bits per heavy atom. The number of nitrogens with zero attached hydrogens (tertiary/aromatic N) is 3. The first kappa shape index (κ1) is 17.2. The van der Waals surface area contributed by atoms with Gasteiger partial charge in [-0.15, -0.1) is 0 Å². The van der Waals surface area contributed by atoms with Gasteiger partial charge in [-0.2, -0.15) is 5.10 Å². The van der Waals surface area contributed by atoms with Crippen LogP contribution < -0.4 is 10.5 Å². The number of carbonyl (C=O) groups is 1. The summed E-state index contributed by atoms with van der Waals surface area (Å²) in [6.45, 7) is 1.90. The van der Waals surface area contributed by atoms with Crippen LogP contribution >= 0.6 is 11.9 Å². The van der Waals surface area contributed by atoms with E-state index in [0.29, 0.717) is 5.69 Å². The molecular formula is C18H19N5OS. The van der Waals surface area contributed by atoms with Crippen molar-refractivity contribution in [2.45, 2.75) is 18.2 Å². The van der Waals surface area contributed by atoms with Crippen LogP contribution in [0.4, 0.5) is 5.69 Å². The van der Waals surface area contributed by atoms with Crippen molar-refractivity contribution < 1.29 is 4.79 Å². The number of benzene rings is 1. The molecule has 6 nitrogen and oxygen atoms in total. The van der Waals surface area contributed by atoms with Gasteiger partial charge < -0.3 is 5.32 Å². The molecule has 0 bridgehead atoms. The fourth-order valence-electron chi connectivity index (χ4n) is 2.56. The first-order valence-electron chi connectivity index (χ1n) is 7.76. The molecule has 0 saturated carbocycles. The van der Waals surface area contributed by atoms with E-state index in [-0.39, 0.29) is 12.3 Å². The van der Waals surface area contributed by atoms with Crippen LogP contribution in [-0.4, -0.2) is 20.7 Å². The van der Waals surface area contributed by atoms with Crippen molar-refractivity contribution >= 4 is 23.5 Å². The van der Waals surface area contributed by atoms with Crippen LogP contribution in [0.2, 0.25) is 0 Å². The largest absolute Gasteiger partial charge is 0.326 e. The molecule has 0 fully saturated rings. The van der Waals surface area contributed by atoms with Gasteiger partial charge in [-0.25, -0.2) is 0 Å². The Morgan fingerprint density at radius 2 is 2.16 bits per heavy atom. The van der Waals surface area contributed by atoms with Crippen molar-refractivity contribution in [1.29, 1.82) is 0 Å². The van der Waals surface area contributed by atoms with Gasteiger partial charge in [-0.1, -0.05) is 6.07 Å². The fraction of sp³-hybridized carbons (Fsp3) is 0.167. The van der Waals surface area contributed by atoms with Crippen molar-refractivity contribution in [3.05, 3.63) is 60.2 Å². The molecule has 3 N–H and O–H groups in total. The normalized spacial score (nSPS) is 10.7. The van der Waals surface area contributed by atoms with Crippen molar-refractivity contribution in [2.75, 3.05) is 5.32 Å². The van der Waals surface area contributed by atoms with Gasteiger partial charge in [0, 0.05) is 41.3 Å². The first-order valence-corrected chi connectivity index (χ1v) is 8.64. The maximum atomic E-state index is 12.4. The molecule has 2 aromatic heterocycles. The highest BCUT2D eigenvalue weighted by atomic mass is 32.2. The highest BCUT2D eigenvalue weighted by molar-refractivity contribution is 7.97. The Kier molecular flexibility index (Phi) is 5.16. The second-order valence-corrected chi connectivity index (χ2v) is 6.45. The number of anilines is 1. The van der Waals surface area contributed by atoms with E-state index < -0.39 is 0 Å². The Bertz CT molecular complexity index is 906. The summed E-state index contributed by atoms with van der Waals surface area (Å²) in [5.41, 5.74) is 4.41. The number of hydrogen-bond acceptors (Lipinski definition) is 5. The summed E-state index contributed by atoms with van der Waals surface area (Å²) in [5.74, 6) is -0.0904. The number of hydrogen-bond donors (Lipinski definition) is 2. The van der Waals surface area contributed by atoms with E-state index in [1.165, 1.54) is 0 Å². The van der Waals surface area contributed by atoms with E-state index >= 15 is 0 Å². The zero-order valence-electron chi connectivity index (χ0n) is 14.1. The van der Waals surface area contributed by atoms with Gasteiger partial charge in [-0.05, 0) is 54.3 Å². The van der Waals surface area contributed by atoms with Gasteiger partial charge in [0.2, 0.25) is 5.91 Å². The summed E-state index contributed by atoms with van der Waals surface area (Å²) in [4.78, 5) is 17.5. The molecule has 0 saturated heterocycles. The monoisotopic (exact) mass is 353 g/mol. The molecule has 0 radical (unpaired) electrons. The van der Waals surface area contributed by atoms with Crippen molar-refractivity contribution in [3.8, 4) is 11.1 Å². The molecule has 128 valence electrons. The summed E-state index contributed by atoms with van der Waals surface area (Å²) in [6.07, 6.45) is 5.70. The predicted octanol–water partition coefficient (Wildman–Crippen LogP) is 2.94. The maximum Gasteiger partial charge on any atom is 0.228 e. The molecule has 25 heavy (non-hydrogen) atoms. The molecule has 3 aromatic rings. The third kappa shape index (κ3) is 4.26. The van der Waals surface area contributed by atoms with Gasteiger partial charge in [0.1, 0.15) is 0 Å². The minimum absolute atomic E-state index is 0.0904. The summed E-state index contributed by atoms with van der Waals surface area (Å²) < 4.78 is 1.74. The fourth-order valence-corrected chi connectivity index (χ4v) is 2.95. The van der Waals surface area contributed by atoms with Crippen molar-refractivity contribution in [2.24, 2.45) is 12.2 Å². The van der Waals surface area contributed by atoms with Crippen LogP contribution in [0.25, 0.3) is 11.1 Å². The van der Waals surface area contributed by atoms with Crippen LogP contribution in [0.3, 0.4) is 0 Å². The van der Waals surface area contributed by atoms with E-state index in [1.807, 2.05) is 50.5 Å². The van der Waals surface area contributed by atoms with E-state index in [2.05, 4.69) is 15.4 Å². The third-order valence-electron chi connectivity index (χ3n) is 3.83. The van der Waals surface area contributed by atoms with Crippen LogP contribution in [0.15, 0.2) is 53.8 Å². The van der Waals surface area contributed by atoms with Gasteiger partial charge in [0.15, 0.2) is 0 Å². The number of amides is 1. The molecule has 0 aliphatic rings. The zero-order valence-corrected chi connectivity index (χ0v) is 14.9. The minimum atomic E-state index is -0.0904. The number of aryl methyl sites for hydroxylation is 2. The van der Waals surface area contributed by atoms with E-state index in [4.69, 9.17) is 5.14 Å². The molecule has 0 spiro atoms. The lowest BCUT2D eigenvalue weighted by Gasteiger charge is -2.10. The highest BCUT2D eigenvalue weighted by Gasteiger charge is 2.10. The molecule has 7 heteroatoms. The molecule has 3 rings (SSSR count). The Morgan fingerprint density at radius 3 is 2.84 bits per heavy atom. The molecule has 0 unspecified atom stereocenters. The lowest BCUT2D eigenvalue weighted by atomic mass is 10.1. The second kappa shape index (κ2) is 7.50. The highest BCUT2D eigenvalue weighted by Crippen LogP contribution is 2.28. The van der Waals surface area contributed by atoms with Crippen LogP contribution in [-0.2, 0) is 18.3 Å². The van der Waals surface area contributed by atoms with Crippen LogP contribution in [0.1, 0.15) is 11.3 Å². The van der Waals surface area contributed by atoms with Gasteiger partial charge in [0.05, 0.1) is 12.6 Å². The van der Waals surface area contributed by atoms with Crippen LogP contribution in [0.5, 0.6) is 0 Å². The maximum absolute atomic E-state index is 12.4. The Balaban J connectivity index is 1.82. The second-order valence-electron chi connectivity index (χ2n) is 5.74. The lowest BCUT2D eigenvalue weighted by Crippen LogP contribution is -2.15. The van der Waals surface area contributed by atoms with Gasteiger partial charge in [-0.3, -0.25) is 19.6 Å². The van der Waals surface area contributed by atoms with E-state index in [1.54, 1.807) is 17.1 Å². The molecule has 1 amide bonds. The number of aromatic nitrogens is 3. The summed E-state index contributed by atoms with van der Waals surface area (Å²) in [6, 6.07) is 9.50. The topological polar surface area (TPSA) is 85.8 Å². The Hall–Kier alpha value is -2.64. The number of carbonyl (C=O) groups excluding carboxylic acids is 1. The van der Waals surface area contributed by atoms with Gasteiger partial charge >= 0.3 is 0 Å². The first-order chi connectivity index (χ1) is 12.0. The third-order valence-corrected chi connectivity index (χ3v) is 4.34. The average Bonchev–Trinajstić information content (AvgIpc) is 3.03. The van der Waals surface area contributed by atoms with Crippen molar-refractivity contribution in [3.63, 3.8) is 0 Å². The number of rotatable bonds is 5. The van der Waals surface area contributed by atoms with Gasteiger partial charge in [0.25, 0.3) is 0 Å². The average molecular weight is 353 g/mol. The quantitative estimate of drug-likeness (QED) is 0.689. The molecule has 0 aliphatic carbocycles.